The molecule has 4 nitrogen and oxygen atoms in total. The highest BCUT2D eigenvalue weighted by Crippen LogP contribution is 2.37. The van der Waals surface area contributed by atoms with Crippen LogP contribution in [0.4, 0.5) is 11.4 Å². The maximum absolute atomic E-state index is 5.53. The topological polar surface area (TPSA) is 42.5 Å². The van der Waals surface area contributed by atoms with Crippen LogP contribution in [0, 0.1) is 0 Å². The number of para-hydroxylation sites is 2. The fourth-order valence-electron chi connectivity index (χ4n) is 3.82. The lowest BCUT2D eigenvalue weighted by molar-refractivity contribution is 0.412. The Morgan fingerprint density at radius 3 is 1.28 bits per heavy atom. The fraction of sp³-hybridized carbons (Fsp3) is 0.143. The van der Waals surface area contributed by atoms with Crippen LogP contribution in [0.5, 0.6) is 11.5 Å². The first kappa shape index (κ1) is 21.3. The monoisotopic (exact) mass is 424 g/mol. The van der Waals surface area contributed by atoms with Crippen LogP contribution in [-0.4, -0.2) is 14.2 Å². The number of rotatable bonds is 9. The van der Waals surface area contributed by atoms with Gasteiger partial charge in [-0.05, 0) is 59.7 Å². The van der Waals surface area contributed by atoms with Crippen LogP contribution in [0.15, 0.2) is 109 Å². The minimum atomic E-state index is -0.0835. The first-order chi connectivity index (χ1) is 15.8. The largest absolute Gasteiger partial charge is 0.497 e. The van der Waals surface area contributed by atoms with Gasteiger partial charge in [0.1, 0.15) is 11.5 Å². The van der Waals surface area contributed by atoms with E-state index in [1.54, 1.807) is 14.2 Å². The highest BCUT2D eigenvalue weighted by atomic mass is 16.5. The molecule has 162 valence electrons. The Morgan fingerprint density at radius 1 is 0.500 bits per heavy atom. The Labute approximate surface area is 189 Å². The van der Waals surface area contributed by atoms with E-state index in [1.807, 2.05) is 60.7 Å². The van der Waals surface area contributed by atoms with Crippen LogP contribution in [0.2, 0.25) is 0 Å². The molecule has 0 fully saturated rings. The minimum absolute atomic E-state index is 0.0835. The molecule has 4 heteroatoms. The van der Waals surface area contributed by atoms with Gasteiger partial charge in [-0.25, -0.2) is 0 Å². The highest BCUT2D eigenvalue weighted by Gasteiger charge is 2.26. The second-order valence-corrected chi connectivity index (χ2v) is 7.53. The summed E-state index contributed by atoms with van der Waals surface area (Å²) in [6, 6.07) is 36.8. The van der Waals surface area contributed by atoms with Crippen molar-refractivity contribution in [3.05, 3.63) is 120 Å². The SMILES string of the molecule is COc1cccc(C(Nc2ccccc2)C(Nc2ccccc2)c2cccc(OC)c2)c1. The Morgan fingerprint density at radius 2 is 0.906 bits per heavy atom. The van der Waals surface area contributed by atoms with E-state index < -0.39 is 0 Å². The number of ether oxygens (including phenoxy) is 2. The zero-order chi connectivity index (χ0) is 22.2. The molecule has 0 aliphatic heterocycles. The summed E-state index contributed by atoms with van der Waals surface area (Å²) in [6.07, 6.45) is 0. The second-order valence-electron chi connectivity index (χ2n) is 7.53. The molecule has 32 heavy (non-hydrogen) atoms. The lowest BCUT2D eigenvalue weighted by atomic mass is 9.92. The standard InChI is InChI=1S/C28H28N2O2/c1-31-25-17-9-11-21(19-25)27(29-23-13-5-3-6-14-23)28(30-24-15-7-4-8-16-24)22-12-10-18-26(20-22)32-2/h3-20,27-30H,1-2H3. The molecule has 0 amide bonds. The van der Waals surface area contributed by atoms with Crippen molar-refractivity contribution in [1.29, 1.82) is 0 Å². The van der Waals surface area contributed by atoms with Crippen molar-refractivity contribution in [2.45, 2.75) is 12.1 Å². The molecular weight excluding hydrogens is 396 g/mol. The normalized spacial score (nSPS) is 12.4. The molecule has 4 aromatic rings. The molecule has 0 aliphatic rings. The lowest BCUT2D eigenvalue weighted by Crippen LogP contribution is -2.25. The van der Waals surface area contributed by atoms with Crippen LogP contribution in [0.3, 0.4) is 0 Å². The van der Waals surface area contributed by atoms with Crippen molar-refractivity contribution in [2.24, 2.45) is 0 Å². The smallest absolute Gasteiger partial charge is 0.119 e. The Kier molecular flexibility index (Phi) is 6.93. The summed E-state index contributed by atoms with van der Waals surface area (Å²) < 4.78 is 11.1. The van der Waals surface area contributed by atoms with Crippen LogP contribution in [0.25, 0.3) is 0 Å². The average molecular weight is 425 g/mol. The van der Waals surface area contributed by atoms with Gasteiger partial charge in [-0.2, -0.15) is 0 Å². The molecule has 0 aromatic heterocycles. The van der Waals surface area contributed by atoms with Gasteiger partial charge in [0.2, 0.25) is 0 Å². The maximum atomic E-state index is 5.53. The van der Waals surface area contributed by atoms with Gasteiger partial charge in [0.25, 0.3) is 0 Å². The first-order valence-corrected chi connectivity index (χ1v) is 10.7. The molecule has 0 bridgehead atoms. The molecular formula is C28H28N2O2. The molecule has 0 heterocycles. The number of hydrogen-bond acceptors (Lipinski definition) is 4. The number of hydrogen-bond donors (Lipinski definition) is 2. The van der Waals surface area contributed by atoms with E-state index in [0.717, 1.165) is 34.0 Å². The summed E-state index contributed by atoms with van der Waals surface area (Å²) in [5, 5.41) is 7.49. The van der Waals surface area contributed by atoms with Crippen molar-refractivity contribution in [1.82, 2.24) is 0 Å². The van der Waals surface area contributed by atoms with Crippen LogP contribution < -0.4 is 20.1 Å². The van der Waals surface area contributed by atoms with Gasteiger partial charge in [0, 0.05) is 11.4 Å². The van der Waals surface area contributed by atoms with Gasteiger partial charge in [0.05, 0.1) is 26.3 Å². The van der Waals surface area contributed by atoms with Crippen molar-refractivity contribution in [3.8, 4) is 11.5 Å². The number of nitrogens with one attached hydrogen (secondary N) is 2. The van der Waals surface area contributed by atoms with Crippen LogP contribution >= 0.6 is 0 Å². The lowest BCUT2D eigenvalue weighted by Gasteiger charge is -2.32. The van der Waals surface area contributed by atoms with Crippen molar-refractivity contribution >= 4 is 11.4 Å². The minimum Gasteiger partial charge on any atom is -0.497 e. The van der Waals surface area contributed by atoms with E-state index >= 15 is 0 Å². The molecule has 4 rings (SSSR count). The molecule has 0 aliphatic carbocycles. The predicted molar refractivity (Wildman–Crippen MR) is 132 cm³/mol. The molecule has 2 N–H and O–H groups in total. The van der Waals surface area contributed by atoms with E-state index in [1.165, 1.54) is 0 Å². The van der Waals surface area contributed by atoms with E-state index in [-0.39, 0.29) is 12.1 Å². The fourth-order valence-corrected chi connectivity index (χ4v) is 3.82. The first-order valence-electron chi connectivity index (χ1n) is 10.7. The Hall–Kier alpha value is -3.92. The van der Waals surface area contributed by atoms with E-state index in [2.05, 4.69) is 59.2 Å². The summed E-state index contributed by atoms with van der Waals surface area (Å²) in [4.78, 5) is 0. The Balaban J connectivity index is 1.82. The van der Waals surface area contributed by atoms with Gasteiger partial charge in [-0.15, -0.1) is 0 Å². The number of benzene rings is 4. The van der Waals surface area contributed by atoms with Gasteiger partial charge in [-0.3, -0.25) is 0 Å². The quantitative estimate of drug-likeness (QED) is 0.313. The van der Waals surface area contributed by atoms with Gasteiger partial charge in [-0.1, -0.05) is 60.7 Å². The third-order valence-corrected chi connectivity index (χ3v) is 5.43. The zero-order valence-electron chi connectivity index (χ0n) is 18.4. The highest BCUT2D eigenvalue weighted by molar-refractivity contribution is 5.52. The van der Waals surface area contributed by atoms with Crippen molar-refractivity contribution < 1.29 is 9.47 Å². The van der Waals surface area contributed by atoms with E-state index in [9.17, 15) is 0 Å². The third kappa shape index (κ3) is 5.22. The summed E-state index contributed by atoms with van der Waals surface area (Å²) in [5.41, 5.74) is 4.32. The van der Waals surface area contributed by atoms with Gasteiger partial charge in [0.15, 0.2) is 0 Å². The third-order valence-electron chi connectivity index (χ3n) is 5.43. The molecule has 2 unspecified atom stereocenters. The van der Waals surface area contributed by atoms with Crippen LogP contribution in [0.1, 0.15) is 23.2 Å². The van der Waals surface area contributed by atoms with Gasteiger partial charge >= 0.3 is 0 Å². The van der Waals surface area contributed by atoms with E-state index in [4.69, 9.17) is 9.47 Å². The average Bonchev–Trinajstić information content (AvgIpc) is 2.87. The summed E-state index contributed by atoms with van der Waals surface area (Å²) in [7, 11) is 3.39. The number of methoxy groups -OCH3 is 2. The molecule has 2 atom stereocenters. The van der Waals surface area contributed by atoms with Gasteiger partial charge < -0.3 is 20.1 Å². The molecule has 0 saturated carbocycles. The summed E-state index contributed by atoms with van der Waals surface area (Å²) >= 11 is 0. The van der Waals surface area contributed by atoms with Crippen molar-refractivity contribution in [2.75, 3.05) is 24.9 Å². The maximum Gasteiger partial charge on any atom is 0.119 e. The second kappa shape index (κ2) is 10.4. The molecule has 0 radical (unpaired) electrons. The van der Waals surface area contributed by atoms with Crippen molar-refractivity contribution in [3.63, 3.8) is 0 Å². The summed E-state index contributed by atoms with van der Waals surface area (Å²) in [6.45, 7) is 0. The Bertz CT molecular complexity index is 1030. The molecule has 0 spiro atoms. The molecule has 4 aromatic carbocycles. The zero-order valence-corrected chi connectivity index (χ0v) is 18.4. The molecule has 0 saturated heterocycles. The van der Waals surface area contributed by atoms with E-state index in [0.29, 0.717) is 0 Å². The summed E-state index contributed by atoms with van der Waals surface area (Å²) in [5.74, 6) is 1.65. The predicted octanol–water partition coefficient (Wildman–Crippen LogP) is 6.71. The van der Waals surface area contributed by atoms with Crippen LogP contribution in [-0.2, 0) is 0 Å². The number of anilines is 2.